The number of ether oxygens (including phenoxy) is 1. The second-order valence-corrected chi connectivity index (χ2v) is 8.10. The highest BCUT2D eigenvalue weighted by atomic mass is 32.1. The van der Waals surface area contributed by atoms with Gasteiger partial charge in [-0.3, -0.25) is 9.48 Å². The molecule has 1 aromatic carbocycles. The number of amides is 1. The fourth-order valence-corrected chi connectivity index (χ4v) is 4.54. The molecule has 28 heavy (non-hydrogen) atoms. The molecule has 1 aliphatic rings. The van der Waals surface area contributed by atoms with Crippen molar-refractivity contribution >= 4 is 17.2 Å². The molecule has 2 heterocycles. The molecular formula is C22H25N3O2S. The third-order valence-electron chi connectivity index (χ3n) is 5.19. The number of aromatic nitrogens is 2. The van der Waals surface area contributed by atoms with Crippen molar-refractivity contribution in [2.45, 2.75) is 45.9 Å². The predicted molar refractivity (Wildman–Crippen MR) is 111 cm³/mol. The van der Waals surface area contributed by atoms with Crippen LogP contribution in [0.5, 0.6) is 5.75 Å². The van der Waals surface area contributed by atoms with Crippen LogP contribution in [0.3, 0.4) is 0 Å². The third-order valence-corrected chi connectivity index (χ3v) is 6.16. The largest absolute Gasteiger partial charge is 0.489 e. The van der Waals surface area contributed by atoms with E-state index in [2.05, 4.69) is 17.2 Å². The van der Waals surface area contributed by atoms with E-state index in [0.29, 0.717) is 13.2 Å². The van der Waals surface area contributed by atoms with Crippen LogP contribution < -0.4 is 4.74 Å². The summed E-state index contributed by atoms with van der Waals surface area (Å²) < 4.78 is 7.87. The SMILES string of the molecule is CCn1nccc1CN(C)C(=O)c1cc(COc2ccc3c(c2)CCC3)cs1. The number of carbonyl (C=O) groups is 1. The Kier molecular flexibility index (Phi) is 5.48. The summed E-state index contributed by atoms with van der Waals surface area (Å²) in [6.45, 7) is 3.87. The Morgan fingerprint density at radius 1 is 1.25 bits per heavy atom. The van der Waals surface area contributed by atoms with Crippen molar-refractivity contribution in [3.05, 3.63) is 69.2 Å². The standard InChI is InChI=1S/C22H25N3O2S/c1-3-25-19(9-10-23-25)13-24(2)22(26)21-11-16(15-28-21)14-27-20-8-7-17-5-4-6-18(17)12-20/h7-12,15H,3-6,13-14H2,1-2H3. The first-order valence-corrected chi connectivity index (χ1v) is 10.6. The Labute approximate surface area is 169 Å². The Hall–Kier alpha value is -2.60. The minimum absolute atomic E-state index is 0.0256. The lowest BCUT2D eigenvalue weighted by atomic mass is 10.1. The molecule has 0 spiro atoms. The smallest absolute Gasteiger partial charge is 0.264 e. The lowest BCUT2D eigenvalue weighted by Crippen LogP contribution is -2.26. The number of thiophene rings is 1. The average Bonchev–Trinajstić information content (AvgIpc) is 3.45. The number of hydrogen-bond donors (Lipinski definition) is 0. The molecule has 0 N–H and O–H groups in total. The first-order valence-electron chi connectivity index (χ1n) is 9.72. The van der Waals surface area contributed by atoms with E-state index in [-0.39, 0.29) is 5.91 Å². The van der Waals surface area contributed by atoms with E-state index < -0.39 is 0 Å². The zero-order chi connectivity index (χ0) is 19.5. The fraction of sp³-hybridized carbons (Fsp3) is 0.364. The highest BCUT2D eigenvalue weighted by molar-refractivity contribution is 7.12. The predicted octanol–water partition coefficient (Wildman–Crippen LogP) is 4.30. The van der Waals surface area contributed by atoms with Crippen molar-refractivity contribution in [1.29, 1.82) is 0 Å². The van der Waals surface area contributed by atoms with Gasteiger partial charge in [0.1, 0.15) is 12.4 Å². The summed E-state index contributed by atoms with van der Waals surface area (Å²) in [6, 6.07) is 10.3. The van der Waals surface area contributed by atoms with E-state index in [0.717, 1.165) is 34.8 Å². The molecule has 0 radical (unpaired) electrons. The van der Waals surface area contributed by atoms with Crippen LogP contribution in [0, 0.1) is 0 Å². The van der Waals surface area contributed by atoms with Crippen molar-refractivity contribution < 1.29 is 9.53 Å². The Morgan fingerprint density at radius 2 is 2.11 bits per heavy atom. The van der Waals surface area contributed by atoms with E-state index in [1.165, 1.54) is 35.3 Å². The van der Waals surface area contributed by atoms with E-state index in [9.17, 15) is 4.79 Å². The van der Waals surface area contributed by atoms with Gasteiger partial charge in [0.25, 0.3) is 5.91 Å². The molecule has 146 valence electrons. The third kappa shape index (κ3) is 3.97. The summed E-state index contributed by atoms with van der Waals surface area (Å²) in [6.07, 6.45) is 5.34. The number of fused-ring (bicyclic) bond motifs is 1. The van der Waals surface area contributed by atoms with Crippen molar-refractivity contribution in [3.63, 3.8) is 0 Å². The number of carbonyl (C=O) groups excluding carboxylic acids is 1. The van der Waals surface area contributed by atoms with Crippen LogP contribution in [0.1, 0.15) is 45.4 Å². The lowest BCUT2D eigenvalue weighted by molar-refractivity contribution is 0.0786. The maximum atomic E-state index is 12.8. The van der Waals surface area contributed by atoms with E-state index in [4.69, 9.17) is 4.74 Å². The molecule has 0 bridgehead atoms. The van der Waals surface area contributed by atoms with E-state index in [1.807, 2.05) is 42.2 Å². The van der Waals surface area contributed by atoms with E-state index >= 15 is 0 Å². The number of nitrogens with zero attached hydrogens (tertiary/aromatic N) is 3. The van der Waals surface area contributed by atoms with Gasteiger partial charge in [0, 0.05) is 25.4 Å². The van der Waals surface area contributed by atoms with Crippen LogP contribution in [0.2, 0.25) is 0 Å². The summed E-state index contributed by atoms with van der Waals surface area (Å²) in [4.78, 5) is 15.2. The maximum Gasteiger partial charge on any atom is 0.264 e. The van der Waals surface area contributed by atoms with Crippen molar-refractivity contribution in [2.75, 3.05) is 7.05 Å². The highest BCUT2D eigenvalue weighted by Crippen LogP contribution is 2.27. The molecule has 0 aliphatic heterocycles. The van der Waals surface area contributed by atoms with Crippen LogP contribution in [-0.4, -0.2) is 27.6 Å². The summed E-state index contributed by atoms with van der Waals surface area (Å²) in [5.41, 5.74) is 4.92. The Balaban J connectivity index is 1.36. The quantitative estimate of drug-likeness (QED) is 0.599. The van der Waals surface area contributed by atoms with Crippen molar-refractivity contribution in [2.24, 2.45) is 0 Å². The minimum Gasteiger partial charge on any atom is -0.489 e. The number of hydrogen-bond acceptors (Lipinski definition) is 4. The molecular weight excluding hydrogens is 370 g/mol. The Morgan fingerprint density at radius 3 is 2.96 bits per heavy atom. The fourth-order valence-electron chi connectivity index (χ4n) is 3.65. The number of aryl methyl sites for hydroxylation is 3. The van der Waals surface area contributed by atoms with E-state index in [1.54, 1.807) is 11.1 Å². The molecule has 5 nitrogen and oxygen atoms in total. The van der Waals surface area contributed by atoms with Crippen LogP contribution in [-0.2, 0) is 32.5 Å². The van der Waals surface area contributed by atoms with Gasteiger partial charge in [-0.2, -0.15) is 5.10 Å². The zero-order valence-electron chi connectivity index (χ0n) is 16.4. The van der Waals surface area contributed by atoms with Gasteiger partial charge in [-0.25, -0.2) is 0 Å². The second kappa shape index (κ2) is 8.19. The van der Waals surface area contributed by atoms with Gasteiger partial charge in [0.15, 0.2) is 0 Å². The molecule has 2 aromatic heterocycles. The van der Waals surface area contributed by atoms with Gasteiger partial charge in [-0.15, -0.1) is 11.3 Å². The topological polar surface area (TPSA) is 47.4 Å². The molecule has 1 amide bonds. The van der Waals surface area contributed by atoms with Crippen molar-refractivity contribution in [1.82, 2.24) is 14.7 Å². The van der Waals surface area contributed by atoms with Gasteiger partial charge in [0.2, 0.25) is 0 Å². The summed E-state index contributed by atoms with van der Waals surface area (Å²) >= 11 is 1.47. The molecule has 0 saturated carbocycles. The maximum absolute atomic E-state index is 12.8. The zero-order valence-corrected chi connectivity index (χ0v) is 17.2. The minimum atomic E-state index is 0.0256. The van der Waals surface area contributed by atoms with Gasteiger partial charge < -0.3 is 9.64 Å². The van der Waals surface area contributed by atoms with Crippen molar-refractivity contribution in [3.8, 4) is 5.75 Å². The number of rotatable bonds is 7. The van der Waals surface area contributed by atoms with Crippen LogP contribution in [0.25, 0.3) is 0 Å². The highest BCUT2D eigenvalue weighted by Gasteiger charge is 2.16. The normalized spacial score (nSPS) is 12.8. The summed E-state index contributed by atoms with van der Waals surface area (Å²) in [7, 11) is 1.83. The molecule has 0 atom stereocenters. The molecule has 1 aliphatic carbocycles. The molecule has 3 aromatic rings. The summed E-state index contributed by atoms with van der Waals surface area (Å²) in [5, 5.41) is 6.27. The van der Waals surface area contributed by atoms with Gasteiger partial charge in [-0.05, 0) is 67.0 Å². The van der Waals surface area contributed by atoms with Crippen LogP contribution in [0.15, 0.2) is 41.9 Å². The molecule has 0 fully saturated rings. The Bertz CT molecular complexity index is 976. The van der Waals surface area contributed by atoms with Gasteiger partial charge >= 0.3 is 0 Å². The lowest BCUT2D eigenvalue weighted by Gasteiger charge is -2.16. The van der Waals surface area contributed by atoms with Gasteiger partial charge in [-0.1, -0.05) is 6.07 Å². The first-order chi connectivity index (χ1) is 13.6. The van der Waals surface area contributed by atoms with Crippen LogP contribution in [0.4, 0.5) is 0 Å². The summed E-state index contributed by atoms with van der Waals surface area (Å²) in [5.74, 6) is 0.933. The molecule has 0 unspecified atom stereocenters. The molecule has 0 saturated heterocycles. The molecule has 6 heteroatoms. The second-order valence-electron chi connectivity index (χ2n) is 7.19. The average molecular weight is 396 g/mol. The molecule has 4 rings (SSSR count). The number of benzene rings is 1. The monoisotopic (exact) mass is 395 g/mol. The van der Waals surface area contributed by atoms with Crippen LogP contribution >= 0.6 is 11.3 Å². The van der Waals surface area contributed by atoms with Gasteiger partial charge in [0.05, 0.1) is 17.1 Å². The first kappa shape index (κ1) is 18.7.